The van der Waals surface area contributed by atoms with Crippen LogP contribution in [0.25, 0.3) is 0 Å². The molecule has 1 aliphatic heterocycles. The minimum absolute atomic E-state index is 0. The Kier molecular flexibility index (Phi) is 4.51. The zero-order valence-corrected chi connectivity index (χ0v) is 12.0. The van der Waals surface area contributed by atoms with E-state index in [0.29, 0.717) is 18.3 Å². The Morgan fingerprint density at radius 3 is 2.75 bits per heavy atom. The van der Waals surface area contributed by atoms with Gasteiger partial charge in [-0.3, -0.25) is 4.99 Å². The van der Waals surface area contributed by atoms with Gasteiger partial charge in [0.05, 0.1) is 13.1 Å². The summed E-state index contributed by atoms with van der Waals surface area (Å²) in [6, 6.07) is 0. The summed E-state index contributed by atoms with van der Waals surface area (Å²) in [4.78, 5) is 12.7. The Hall–Kier alpha value is -0.860. The van der Waals surface area contributed by atoms with Gasteiger partial charge >= 0.3 is 0 Å². The van der Waals surface area contributed by atoms with Gasteiger partial charge in [-0.05, 0) is 0 Å². The second-order valence-electron chi connectivity index (χ2n) is 3.69. The van der Waals surface area contributed by atoms with Crippen molar-refractivity contribution >= 4 is 29.9 Å². The average molecular weight is 337 g/mol. The van der Waals surface area contributed by atoms with E-state index in [1.165, 1.54) is 0 Å². The molecule has 0 aromatic carbocycles. The molecule has 6 nitrogen and oxygen atoms in total. The molecule has 0 atom stereocenters. The number of halogens is 1. The van der Waals surface area contributed by atoms with Crippen molar-refractivity contribution in [3.05, 3.63) is 11.7 Å². The molecule has 0 radical (unpaired) electrons. The molecular weight excluding hydrogens is 321 g/mol. The monoisotopic (exact) mass is 337 g/mol. The van der Waals surface area contributed by atoms with E-state index in [1.54, 1.807) is 6.92 Å². The zero-order valence-electron chi connectivity index (χ0n) is 9.67. The number of aromatic nitrogens is 2. The predicted octanol–water partition coefficient (Wildman–Crippen LogP) is 0.729. The van der Waals surface area contributed by atoms with Crippen LogP contribution < -0.4 is 0 Å². The molecular formula is C9H16IN5O. The van der Waals surface area contributed by atoms with Crippen LogP contribution in [0.4, 0.5) is 0 Å². The van der Waals surface area contributed by atoms with Gasteiger partial charge in [-0.15, -0.1) is 24.0 Å². The Bertz CT molecular complexity index is 378. The van der Waals surface area contributed by atoms with Crippen molar-refractivity contribution in [1.82, 2.24) is 19.9 Å². The van der Waals surface area contributed by atoms with Gasteiger partial charge in [-0.25, -0.2) is 0 Å². The van der Waals surface area contributed by atoms with Crippen LogP contribution in [-0.4, -0.2) is 53.1 Å². The lowest BCUT2D eigenvalue weighted by molar-refractivity contribution is 0.366. The second kappa shape index (κ2) is 5.46. The molecule has 0 saturated carbocycles. The molecule has 2 heterocycles. The molecule has 16 heavy (non-hydrogen) atoms. The Morgan fingerprint density at radius 1 is 1.50 bits per heavy atom. The number of hydrogen-bond acceptors (Lipinski definition) is 6. The lowest BCUT2D eigenvalue weighted by Crippen LogP contribution is -2.37. The van der Waals surface area contributed by atoms with Gasteiger partial charge < -0.3 is 14.3 Å². The van der Waals surface area contributed by atoms with Gasteiger partial charge in [-0.1, -0.05) is 5.16 Å². The molecule has 0 N–H and O–H groups in total. The number of likely N-dealkylation sites (N-methyl/N-ethyl adjacent to an activating group) is 1. The van der Waals surface area contributed by atoms with Gasteiger partial charge in [-0.2, -0.15) is 4.98 Å². The molecule has 0 spiro atoms. The molecule has 7 heteroatoms. The summed E-state index contributed by atoms with van der Waals surface area (Å²) >= 11 is 0. The molecule has 0 fully saturated rings. The van der Waals surface area contributed by atoms with E-state index in [2.05, 4.69) is 20.0 Å². The van der Waals surface area contributed by atoms with Crippen LogP contribution in [0.2, 0.25) is 0 Å². The van der Waals surface area contributed by atoms with Gasteiger partial charge in [0.25, 0.3) is 0 Å². The van der Waals surface area contributed by atoms with Crippen LogP contribution in [0.15, 0.2) is 9.52 Å². The maximum Gasteiger partial charge on any atom is 0.223 e. The van der Waals surface area contributed by atoms with Crippen molar-refractivity contribution in [2.75, 3.05) is 27.2 Å². The second-order valence-corrected chi connectivity index (χ2v) is 3.69. The van der Waals surface area contributed by atoms with Crippen LogP contribution in [-0.2, 0) is 6.54 Å². The fraction of sp³-hybridized carbons (Fsp3) is 0.667. The molecule has 0 bridgehead atoms. The minimum Gasteiger partial charge on any atom is -0.344 e. The number of rotatable bonds is 2. The van der Waals surface area contributed by atoms with Gasteiger partial charge in [0, 0.05) is 27.6 Å². The Labute approximate surface area is 112 Å². The minimum atomic E-state index is 0. The maximum absolute atomic E-state index is 4.91. The topological polar surface area (TPSA) is 57.8 Å². The standard InChI is InChI=1S/C9H15N5O.HI/c1-7-11-8(12-15-7)6-14(3)9-10-4-5-13(9)2;/h4-6H2,1-3H3;1H. The first-order valence-electron chi connectivity index (χ1n) is 4.93. The first-order valence-corrected chi connectivity index (χ1v) is 4.93. The van der Waals surface area contributed by atoms with Crippen LogP contribution in [0.5, 0.6) is 0 Å². The predicted molar refractivity (Wildman–Crippen MR) is 70.8 cm³/mol. The summed E-state index contributed by atoms with van der Waals surface area (Å²) in [6.07, 6.45) is 0. The van der Waals surface area contributed by atoms with Gasteiger partial charge in [0.15, 0.2) is 11.8 Å². The van der Waals surface area contributed by atoms with E-state index >= 15 is 0 Å². The summed E-state index contributed by atoms with van der Waals surface area (Å²) in [5.74, 6) is 2.27. The van der Waals surface area contributed by atoms with Gasteiger partial charge in [0.2, 0.25) is 5.89 Å². The van der Waals surface area contributed by atoms with Crippen molar-refractivity contribution < 1.29 is 4.52 Å². The summed E-state index contributed by atoms with van der Waals surface area (Å²) in [7, 11) is 4.01. The number of nitrogens with zero attached hydrogens (tertiary/aromatic N) is 5. The first-order chi connectivity index (χ1) is 7.16. The van der Waals surface area contributed by atoms with Crippen molar-refractivity contribution in [2.45, 2.75) is 13.5 Å². The molecule has 1 aliphatic rings. The Morgan fingerprint density at radius 2 is 2.25 bits per heavy atom. The SMILES string of the molecule is Cc1nc(CN(C)C2=NCCN2C)no1.I. The average Bonchev–Trinajstić information content (AvgIpc) is 2.75. The van der Waals surface area contributed by atoms with Crippen LogP contribution in [0, 0.1) is 6.92 Å². The first kappa shape index (κ1) is 13.2. The highest BCUT2D eigenvalue weighted by Crippen LogP contribution is 2.05. The largest absolute Gasteiger partial charge is 0.344 e. The van der Waals surface area contributed by atoms with Crippen molar-refractivity contribution in [2.24, 2.45) is 4.99 Å². The summed E-state index contributed by atoms with van der Waals surface area (Å²) < 4.78 is 4.91. The van der Waals surface area contributed by atoms with Crippen LogP contribution in [0.1, 0.15) is 11.7 Å². The number of hydrogen-bond donors (Lipinski definition) is 0. The van der Waals surface area contributed by atoms with Crippen molar-refractivity contribution in [1.29, 1.82) is 0 Å². The van der Waals surface area contributed by atoms with Crippen molar-refractivity contribution in [3.8, 4) is 0 Å². The van der Waals surface area contributed by atoms with E-state index in [9.17, 15) is 0 Å². The smallest absolute Gasteiger partial charge is 0.223 e. The zero-order chi connectivity index (χ0) is 10.8. The molecule has 0 amide bonds. The lowest BCUT2D eigenvalue weighted by Gasteiger charge is -2.23. The van der Waals surface area contributed by atoms with E-state index < -0.39 is 0 Å². The molecule has 1 aromatic rings. The highest BCUT2D eigenvalue weighted by molar-refractivity contribution is 14.0. The fourth-order valence-corrected chi connectivity index (χ4v) is 1.62. The highest BCUT2D eigenvalue weighted by atomic mass is 127. The summed E-state index contributed by atoms with van der Waals surface area (Å²) in [6.45, 7) is 4.25. The van der Waals surface area contributed by atoms with E-state index in [-0.39, 0.29) is 24.0 Å². The summed E-state index contributed by atoms with van der Waals surface area (Å²) in [5, 5.41) is 3.85. The molecule has 0 unspecified atom stereocenters. The Balaban J connectivity index is 0.00000128. The third-order valence-electron chi connectivity index (χ3n) is 2.32. The highest BCUT2D eigenvalue weighted by Gasteiger charge is 2.18. The van der Waals surface area contributed by atoms with Gasteiger partial charge in [0.1, 0.15) is 0 Å². The molecule has 90 valence electrons. The number of guanidine groups is 1. The van der Waals surface area contributed by atoms with E-state index in [0.717, 1.165) is 19.0 Å². The summed E-state index contributed by atoms with van der Waals surface area (Å²) in [5.41, 5.74) is 0. The van der Waals surface area contributed by atoms with E-state index in [4.69, 9.17) is 4.52 Å². The quantitative estimate of drug-likeness (QED) is 0.745. The molecule has 0 aliphatic carbocycles. The number of aliphatic imine (C=N–C) groups is 1. The van der Waals surface area contributed by atoms with E-state index in [1.807, 2.05) is 19.0 Å². The molecule has 2 rings (SSSR count). The maximum atomic E-state index is 4.91. The molecule has 0 saturated heterocycles. The lowest BCUT2D eigenvalue weighted by atomic mass is 10.5. The normalized spacial score (nSPS) is 14.7. The molecule has 1 aromatic heterocycles. The third-order valence-corrected chi connectivity index (χ3v) is 2.32. The van der Waals surface area contributed by atoms with Crippen LogP contribution in [0.3, 0.4) is 0 Å². The number of aryl methyl sites for hydroxylation is 1. The van der Waals surface area contributed by atoms with Crippen molar-refractivity contribution in [3.63, 3.8) is 0 Å². The fourth-order valence-electron chi connectivity index (χ4n) is 1.62. The third kappa shape index (κ3) is 2.83. The van der Waals surface area contributed by atoms with Crippen LogP contribution >= 0.6 is 24.0 Å².